The highest BCUT2D eigenvalue weighted by Crippen LogP contribution is 2.25. The highest BCUT2D eigenvalue weighted by molar-refractivity contribution is 7.19. The fourth-order valence-corrected chi connectivity index (χ4v) is 10.3. The molecule has 0 aliphatic heterocycles. The summed E-state index contributed by atoms with van der Waals surface area (Å²) in [6.45, 7) is 0. The molecule has 1 heterocycles. The maximum atomic E-state index is 14.8. The maximum absolute atomic E-state index is 14.8. The molecule has 0 N–H and O–H groups in total. The van der Waals surface area contributed by atoms with E-state index in [1.165, 1.54) is 0 Å². The summed E-state index contributed by atoms with van der Waals surface area (Å²) in [4.78, 5) is 8.44. The van der Waals surface area contributed by atoms with Crippen molar-refractivity contribution in [2.45, 2.75) is 0 Å². The Labute approximate surface area is 244 Å². The second-order valence-corrected chi connectivity index (χ2v) is 13.8. The van der Waals surface area contributed by atoms with Gasteiger partial charge in [-0.1, -0.05) is 42.5 Å². The van der Waals surface area contributed by atoms with Crippen LogP contribution in [0, 0.1) is 34.9 Å². The van der Waals surface area contributed by atoms with Gasteiger partial charge in [-0.3, -0.25) is 9.97 Å². The Morgan fingerprint density at radius 1 is 0.419 bits per heavy atom. The molecule has 1 aromatic heterocycles. The van der Waals surface area contributed by atoms with Gasteiger partial charge in [0.2, 0.25) is 0 Å². The standard InChI is InChI=1S/C34H20F6N2Si/c35-24-11-25(36)15-31(14-24)43(32-16-26(37)12-27(38)17-32,33-18-28(39)13-29(40)19-33)30-6-4-21(5-7-30)22-2-1-3-23(10-22)34-20-41-8-9-42-34/h1-20H. The molecule has 0 fully saturated rings. The minimum atomic E-state index is -4.13. The Kier molecular flexibility index (Phi) is 7.41. The van der Waals surface area contributed by atoms with Crippen LogP contribution in [0.4, 0.5) is 26.3 Å². The van der Waals surface area contributed by atoms with E-state index in [0.717, 1.165) is 53.1 Å². The Hall–Kier alpha value is -5.02. The van der Waals surface area contributed by atoms with Crippen molar-refractivity contribution >= 4 is 28.8 Å². The van der Waals surface area contributed by atoms with Crippen LogP contribution in [0.3, 0.4) is 0 Å². The van der Waals surface area contributed by atoms with Gasteiger partial charge >= 0.3 is 0 Å². The van der Waals surface area contributed by atoms with E-state index in [-0.39, 0.29) is 15.6 Å². The predicted octanol–water partition coefficient (Wildman–Crippen LogP) is 6.02. The van der Waals surface area contributed by atoms with Crippen LogP contribution in [-0.4, -0.2) is 18.0 Å². The molecule has 0 amide bonds. The van der Waals surface area contributed by atoms with Crippen LogP contribution >= 0.6 is 0 Å². The summed E-state index contributed by atoms with van der Waals surface area (Å²) in [5, 5.41) is 0.425. The summed E-state index contributed by atoms with van der Waals surface area (Å²) in [6.07, 6.45) is 4.79. The molecule has 9 heteroatoms. The summed E-state index contributed by atoms with van der Waals surface area (Å²) in [5.74, 6) is -5.68. The topological polar surface area (TPSA) is 25.8 Å². The van der Waals surface area contributed by atoms with Gasteiger partial charge in [0.25, 0.3) is 0 Å². The average Bonchev–Trinajstić information content (AvgIpc) is 2.97. The first kappa shape index (κ1) is 28.1. The van der Waals surface area contributed by atoms with Crippen molar-refractivity contribution in [3.8, 4) is 22.4 Å². The number of hydrogen-bond donors (Lipinski definition) is 0. The number of halogens is 6. The molecule has 43 heavy (non-hydrogen) atoms. The SMILES string of the molecule is Fc1cc(F)cc([Si](c2ccc(-c3cccc(-c4cnccn4)c3)cc2)(c2cc(F)cc(F)c2)c2cc(F)cc(F)c2)c1. The minimum Gasteiger partial charge on any atom is -0.261 e. The van der Waals surface area contributed by atoms with E-state index in [9.17, 15) is 26.3 Å². The number of rotatable bonds is 6. The molecule has 6 rings (SSSR count). The zero-order valence-electron chi connectivity index (χ0n) is 22.2. The van der Waals surface area contributed by atoms with Crippen LogP contribution in [0.1, 0.15) is 0 Å². The summed E-state index contributed by atoms with van der Waals surface area (Å²) in [7, 11) is -4.13. The first-order chi connectivity index (χ1) is 20.7. The molecule has 0 aliphatic rings. The minimum absolute atomic E-state index is 0.0115. The van der Waals surface area contributed by atoms with Crippen molar-refractivity contribution in [3.63, 3.8) is 0 Å². The Balaban J connectivity index is 1.61. The van der Waals surface area contributed by atoms with Crippen molar-refractivity contribution in [2.75, 3.05) is 0 Å². The van der Waals surface area contributed by atoms with E-state index in [0.29, 0.717) is 29.1 Å². The summed E-state index contributed by atoms with van der Waals surface area (Å²) >= 11 is 0. The van der Waals surface area contributed by atoms with Gasteiger partial charge < -0.3 is 0 Å². The molecule has 6 aromatic rings. The smallest absolute Gasteiger partial charge is 0.180 e. The normalized spacial score (nSPS) is 11.5. The van der Waals surface area contributed by atoms with Gasteiger partial charge in [0, 0.05) is 36.2 Å². The summed E-state index contributed by atoms with van der Waals surface area (Å²) < 4.78 is 88.6. The molecular formula is C34H20F6N2Si. The van der Waals surface area contributed by atoms with E-state index >= 15 is 0 Å². The third kappa shape index (κ3) is 5.47. The Morgan fingerprint density at radius 2 is 0.884 bits per heavy atom. The third-order valence-electron chi connectivity index (χ3n) is 7.26. The quantitative estimate of drug-likeness (QED) is 0.133. The predicted molar refractivity (Wildman–Crippen MR) is 156 cm³/mol. The van der Waals surface area contributed by atoms with Crippen LogP contribution in [0.2, 0.25) is 0 Å². The Bertz CT molecular complexity index is 1760. The number of benzene rings is 5. The molecule has 0 unspecified atom stereocenters. The lowest BCUT2D eigenvalue weighted by Crippen LogP contribution is -2.75. The molecule has 0 aliphatic carbocycles. The van der Waals surface area contributed by atoms with E-state index in [4.69, 9.17) is 0 Å². The van der Waals surface area contributed by atoms with E-state index in [1.807, 2.05) is 24.3 Å². The number of aromatic nitrogens is 2. The lowest BCUT2D eigenvalue weighted by Gasteiger charge is -2.34. The van der Waals surface area contributed by atoms with E-state index < -0.39 is 43.0 Å². The van der Waals surface area contributed by atoms with Gasteiger partial charge in [0.1, 0.15) is 34.9 Å². The molecule has 0 spiro atoms. The highest BCUT2D eigenvalue weighted by atomic mass is 28.3. The molecule has 212 valence electrons. The van der Waals surface area contributed by atoms with Crippen LogP contribution < -0.4 is 20.7 Å². The maximum Gasteiger partial charge on any atom is 0.180 e. The van der Waals surface area contributed by atoms with Gasteiger partial charge in [-0.15, -0.1) is 0 Å². The molecular weight excluding hydrogens is 578 g/mol. The second kappa shape index (κ2) is 11.3. The number of nitrogens with zero attached hydrogens (tertiary/aromatic N) is 2. The van der Waals surface area contributed by atoms with Crippen LogP contribution in [0.15, 0.2) is 122 Å². The van der Waals surface area contributed by atoms with Gasteiger partial charge in [0.05, 0.1) is 11.9 Å². The molecule has 2 nitrogen and oxygen atoms in total. The monoisotopic (exact) mass is 598 g/mol. The summed E-state index contributed by atoms with van der Waals surface area (Å²) in [6, 6.07) is 22.6. The van der Waals surface area contributed by atoms with E-state index in [2.05, 4.69) is 9.97 Å². The van der Waals surface area contributed by atoms with Crippen molar-refractivity contribution in [3.05, 3.63) is 157 Å². The average molecular weight is 599 g/mol. The van der Waals surface area contributed by atoms with Gasteiger partial charge in [0.15, 0.2) is 8.07 Å². The van der Waals surface area contributed by atoms with Gasteiger partial charge in [-0.2, -0.15) is 0 Å². The molecule has 0 bridgehead atoms. The van der Waals surface area contributed by atoms with Crippen LogP contribution in [-0.2, 0) is 0 Å². The van der Waals surface area contributed by atoms with Gasteiger partial charge in [-0.25, -0.2) is 26.3 Å². The van der Waals surface area contributed by atoms with Crippen molar-refractivity contribution in [1.29, 1.82) is 0 Å². The number of hydrogen-bond acceptors (Lipinski definition) is 2. The van der Waals surface area contributed by atoms with Crippen molar-refractivity contribution in [1.82, 2.24) is 9.97 Å². The second-order valence-electron chi connectivity index (χ2n) is 9.97. The third-order valence-corrected chi connectivity index (χ3v) is 11.9. The fourth-order valence-electron chi connectivity index (χ4n) is 5.53. The molecule has 5 aromatic carbocycles. The Morgan fingerprint density at radius 3 is 1.33 bits per heavy atom. The lowest BCUT2D eigenvalue weighted by atomic mass is 10.0. The molecule has 0 radical (unpaired) electrons. The van der Waals surface area contributed by atoms with Crippen molar-refractivity contribution < 1.29 is 26.3 Å². The van der Waals surface area contributed by atoms with Crippen LogP contribution in [0.25, 0.3) is 22.4 Å². The first-order valence-electron chi connectivity index (χ1n) is 13.1. The fraction of sp³-hybridized carbons (Fsp3) is 0. The van der Waals surface area contributed by atoms with Gasteiger partial charge in [-0.05, 0) is 74.3 Å². The largest absolute Gasteiger partial charge is 0.261 e. The zero-order chi connectivity index (χ0) is 30.1. The van der Waals surface area contributed by atoms with Crippen LogP contribution in [0.5, 0.6) is 0 Å². The van der Waals surface area contributed by atoms with Crippen molar-refractivity contribution in [2.24, 2.45) is 0 Å². The highest BCUT2D eigenvalue weighted by Gasteiger charge is 2.43. The molecule has 0 saturated carbocycles. The first-order valence-corrected chi connectivity index (χ1v) is 15.1. The molecule has 0 atom stereocenters. The lowest BCUT2D eigenvalue weighted by molar-refractivity contribution is 0.585. The summed E-state index contributed by atoms with van der Waals surface area (Å²) in [5.41, 5.74) is 3.05. The van der Waals surface area contributed by atoms with E-state index in [1.54, 1.807) is 42.9 Å². The zero-order valence-corrected chi connectivity index (χ0v) is 23.2. The molecule has 0 saturated heterocycles.